The van der Waals surface area contributed by atoms with E-state index < -0.39 is 18.1 Å². The maximum absolute atomic E-state index is 13.3. The summed E-state index contributed by atoms with van der Waals surface area (Å²) < 4.78 is 6.00. The van der Waals surface area contributed by atoms with Crippen LogP contribution in [0.25, 0.3) is 0 Å². The minimum Gasteiger partial charge on any atom is -0.448 e. The number of allylic oxidation sites excluding steroid dienone is 2. The van der Waals surface area contributed by atoms with Crippen molar-refractivity contribution in [2.45, 2.75) is 24.4 Å². The monoisotopic (exact) mass is 442 g/mol. The maximum atomic E-state index is 13.3. The first-order chi connectivity index (χ1) is 14.1. The highest BCUT2D eigenvalue weighted by atomic mass is 35.5. The summed E-state index contributed by atoms with van der Waals surface area (Å²) in [6.07, 6.45) is 3.15. The number of nitrogens with two attached hydrogens (primary N) is 1. The molecule has 0 aromatic heterocycles. The molecule has 1 amide bonds. The van der Waals surface area contributed by atoms with Crippen LogP contribution >= 0.6 is 24.2 Å². The molecule has 2 aromatic rings. The fraction of sp³-hybridized carbons (Fsp3) is 0.217. The fourth-order valence-electron chi connectivity index (χ4n) is 3.61. The Bertz CT molecular complexity index is 939. The lowest BCUT2D eigenvalue weighted by atomic mass is 10.0. The van der Waals surface area contributed by atoms with E-state index in [9.17, 15) is 9.59 Å². The van der Waals surface area contributed by atoms with Crippen molar-refractivity contribution in [2.75, 3.05) is 5.75 Å². The first-order valence-electron chi connectivity index (χ1n) is 9.48. The average molecular weight is 443 g/mol. The van der Waals surface area contributed by atoms with Crippen LogP contribution in [0.4, 0.5) is 0 Å². The van der Waals surface area contributed by atoms with Gasteiger partial charge in [-0.1, -0.05) is 72.8 Å². The number of carbonyl (C=O) groups excluding carboxylic acids is 2. The summed E-state index contributed by atoms with van der Waals surface area (Å²) in [5.41, 5.74) is 8.75. The SMILES string of the molecule is C/C=C\C1=C(C(=O)OC(c2ccccc2)c2ccccc2)N2C(=O)C(N)C2SC1.Cl. The van der Waals surface area contributed by atoms with Gasteiger partial charge >= 0.3 is 5.97 Å². The zero-order chi connectivity index (χ0) is 20.4. The van der Waals surface area contributed by atoms with Crippen LogP contribution in [-0.2, 0) is 14.3 Å². The molecule has 0 saturated carbocycles. The molecule has 5 nitrogen and oxygen atoms in total. The second kappa shape index (κ2) is 9.51. The number of halogens is 1. The third-order valence-corrected chi connectivity index (χ3v) is 6.35. The number of benzene rings is 2. The first kappa shape index (κ1) is 22.2. The standard InChI is InChI=1S/C23H22N2O3S.ClH/c1-2-9-17-14-29-22-18(24)21(26)25(22)19(17)23(27)28-20(15-10-5-3-6-11-15)16-12-7-4-8-13-16;/h2-13,18,20,22H,14,24H2,1H3;1H/b9-2-;. The molecule has 1 saturated heterocycles. The first-order valence-corrected chi connectivity index (χ1v) is 10.5. The van der Waals surface area contributed by atoms with E-state index in [0.717, 1.165) is 16.7 Å². The number of amides is 1. The Morgan fingerprint density at radius 2 is 1.70 bits per heavy atom. The van der Waals surface area contributed by atoms with Gasteiger partial charge in [0.1, 0.15) is 17.1 Å². The molecule has 0 bridgehead atoms. The molecule has 0 aliphatic carbocycles. The van der Waals surface area contributed by atoms with Crippen LogP contribution in [0, 0.1) is 0 Å². The Labute approximate surface area is 186 Å². The zero-order valence-electron chi connectivity index (χ0n) is 16.4. The zero-order valence-corrected chi connectivity index (χ0v) is 18.1. The van der Waals surface area contributed by atoms with Crippen molar-refractivity contribution in [3.63, 3.8) is 0 Å². The molecule has 0 spiro atoms. The van der Waals surface area contributed by atoms with E-state index in [0.29, 0.717) is 11.4 Å². The molecule has 2 unspecified atom stereocenters. The van der Waals surface area contributed by atoms with E-state index >= 15 is 0 Å². The second-order valence-electron chi connectivity index (χ2n) is 6.92. The highest BCUT2D eigenvalue weighted by Gasteiger charge is 2.52. The molecule has 156 valence electrons. The van der Waals surface area contributed by atoms with Crippen molar-refractivity contribution in [2.24, 2.45) is 5.73 Å². The lowest BCUT2D eigenvalue weighted by Crippen LogP contribution is -2.68. The van der Waals surface area contributed by atoms with Gasteiger partial charge in [-0.25, -0.2) is 4.79 Å². The predicted molar refractivity (Wildman–Crippen MR) is 121 cm³/mol. The van der Waals surface area contributed by atoms with E-state index in [1.54, 1.807) is 11.8 Å². The summed E-state index contributed by atoms with van der Waals surface area (Å²) in [4.78, 5) is 27.2. The number of β-lactam (4-membered cyclic amide) rings is 1. The molecule has 2 aromatic carbocycles. The van der Waals surface area contributed by atoms with Crippen molar-refractivity contribution in [3.05, 3.63) is 95.2 Å². The lowest BCUT2D eigenvalue weighted by molar-refractivity contribution is -0.153. The number of hydrogen-bond acceptors (Lipinski definition) is 5. The Balaban J connectivity index is 0.00000256. The van der Waals surface area contributed by atoms with Crippen LogP contribution in [0.15, 0.2) is 84.1 Å². The molecule has 7 heteroatoms. The minimum atomic E-state index is -0.575. The van der Waals surface area contributed by atoms with Crippen LogP contribution in [-0.4, -0.2) is 33.9 Å². The van der Waals surface area contributed by atoms with Gasteiger partial charge in [-0.2, -0.15) is 0 Å². The van der Waals surface area contributed by atoms with Crippen LogP contribution in [0.2, 0.25) is 0 Å². The number of carbonyl (C=O) groups is 2. The maximum Gasteiger partial charge on any atom is 0.356 e. The van der Waals surface area contributed by atoms with Crippen molar-refractivity contribution >= 4 is 36.0 Å². The fourth-order valence-corrected chi connectivity index (χ4v) is 4.87. The number of thioether (sulfide) groups is 1. The molecule has 30 heavy (non-hydrogen) atoms. The van der Waals surface area contributed by atoms with Crippen LogP contribution < -0.4 is 5.73 Å². The number of hydrogen-bond donors (Lipinski definition) is 1. The molecule has 2 N–H and O–H groups in total. The van der Waals surface area contributed by atoms with Gasteiger partial charge in [0.05, 0.1) is 0 Å². The number of esters is 1. The van der Waals surface area contributed by atoms with Gasteiger partial charge in [-0.3, -0.25) is 9.69 Å². The van der Waals surface area contributed by atoms with Gasteiger partial charge in [0.15, 0.2) is 6.10 Å². The lowest BCUT2D eigenvalue weighted by Gasteiger charge is -2.48. The van der Waals surface area contributed by atoms with Crippen LogP contribution in [0.5, 0.6) is 0 Å². The third kappa shape index (κ3) is 4.03. The van der Waals surface area contributed by atoms with E-state index in [2.05, 4.69) is 0 Å². The van der Waals surface area contributed by atoms with Crippen LogP contribution in [0.3, 0.4) is 0 Å². The highest BCUT2D eigenvalue weighted by Crippen LogP contribution is 2.41. The smallest absolute Gasteiger partial charge is 0.356 e. The van der Waals surface area contributed by atoms with Gasteiger partial charge in [-0.15, -0.1) is 24.2 Å². The van der Waals surface area contributed by atoms with Crippen molar-refractivity contribution in [1.82, 2.24) is 4.90 Å². The Kier molecular flexibility index (Phi) is 7.02. The van der Waals surface area contributed by atoms with Gasteiger partial charge < -0.3 is 10.5 Å². The topological polar surface area (TPSA) is 72.6 Å². The molecule has 2 aliphatic heterocycles. The number of fused-ring (bicyclic) bond motifs is 1. The third-order valence-electron chi connectivity index (χ3n) is 5.03. The molecule has 4 rings (SSSR count). The largest absolute Gasteiger partial charge is 0.448 e. The predicted octanol–water partition coefficient (Wildman–Crippen LogP) is 3.81. The van der Waals surface area contributed by atoms with Gasteiger partial charge in [0, 0.05) is 5.75 Å². The van der Waals surface area contributed by atoms with E-state index in [4.69, 9.17) is 10.5 Å². The summed E-state index contributed by atoms with van der Waals surface area (Å²) in [5, 5.41) is -0.217. The summed E-state index contributed by atoms with van der Waals surface area (Å²) in [5.74, 6) is -0.147. The molecular weight excluding hydrogens is 420 g/mol. The van der Waals surface area contributed by atoms with E-state index in [1.165, 1.54) is 4.90 Å². The van der Waals surface area contributed by atoms with E-state index in [-0.39, 0.29) is 23.7 Å². The normalized spacial score (nSPS) is 20.6. The number of nitrogens with zero attached hydrogens (tertiary/aromatic N) is 1. The van der Waals surface area contributed by atoms with Gasteiger partial charge in [-0.05, 0) is 23.6 Å². The van der Waals surface area contributed by atoms with Crippen molar-refractivity contribution < 1.29 is 14.3 Å². The molecule has 1 fully saturated rings. The molecule has 2 atom stereocenters. The Morgan fingerprint density at radius 3 is 2.23 bits per heavy atom. The second-order valence-corrected chi connectivity index (χ2v) is 8.02. The molecule has 2 heterocycles. The summed E-state index contributed by atoms with van der Waals surface area (Å²) in [6, 6.07) is 18.6. The Morgan fingerprint density at radius 1 is 1.13 bits per heavy atom. The van der Waals surface area contributed by atoms with Crippen molar-refractivity contribution in [1.29, 1.82) is 0 Å². The van der Waals surface area contributed by atoms with E-state index in [1.807, 2.05) is 79.7 Å². The minimum absolute atomic E-state index is 0. The number of rotatable bonds is 5. The highest BCUT2D eigenvalue weighted by molar-refractivity contribution is 8.00. The van der Waals surface area contributed by atoms with Gasteiger partial charge in [0.25, 0.3) is 0 Å². The molecule has 2 aliphatic rings. The summed E-state index contributed by atoms with van der Waals surface area (Å²) >= 11 is 1.57. The van der Waals surface area contributed by atoms with Gasteiger partial charge in [0.2, 0.25) is 5.91 Å². The molecular formula is C23H23ClN2O3S. The van der Waals surface area contributed by atoms with Crippen LogP contribution in [0.1, 0.15) is 24.2 Å². The summed E-state index contributed by atoms with van der Waals surface area (Å²) in [7, 11) is 0. The van der Waals surface area contributed by atoms with Crippen molar-refractivity contribution in [3.8, 4) is 0 Å². The Hall–Kier alpha value is -2.54. The molecule has 0 radical (unpaired) electrons. The quantitative estimate of drug-likeness (QED) is 0.563. The summed E-state index contributed by atoms with van der Waals surface area (Å²) in [6.45, 7) is 1.88. The number of ether oxygens (including phenoxy) is 1. The average Bonchev–Trinajstić information content (AvgIpc) is 2.77.